The Hall–Kier alpha value is -0.610. The number of carbonyl (C=O) groups is 1. The normalized spacial score (nSPS) is 35.9. The lowest BCUT2D eigenvalue weighted by Crippen LogP contribution is -2.58. The largest absolute Gasteiger partial charge is 0.352 e. The van der Waals surface area contributed by atoms with Gasteiger partial charge in [-0.25, -0.2) is 0 Å². The average molecular weight is 267 g/mol. The molecule has 2 saturated heterocycles. The molecule has 2 rings (SSSR count). The molecule has 0 radical (unpaired) electrons. The maximum Gasteiger partial charge on any atom is 0.237 e. The molecule has 3 unspecified atom stereocenters. The van der Waals surface area contributed by atoms with Gasteiger partial charge in [-0.3, -0.25) is 4.79 Å². The van der Waals surface area contributed by atoms with Crippen LogP contribution >= 0.6 is 0 Å². The summed E-state index contributed by atoms with van der Waals surface area (Å²) in [6.45, 7) is 8.67. The molecular formula is C15H29N3O. The zero-order chi connectivity index (χ0) is 14.0. The fourth-order valence-corrected chi connectivity index (χ4v) is 3.36. The molecule has 0 bridgehead atoms. The van der Waals surface area contributed by atoms with Gasteiger partial charge in [0.05, 0.1) is 6.04 Å². The Bertz CT molecular complexity index is 329. The second-order valence-electron chi connectivity index (χ2n) is 7.04. The van der Waals surface area contributed by atoms with Gasteiger partial charge in [0.25, 0.3) is 0 Å². The first-order valence-corrected chi connectivity index (χ1v) is 7.64. The Morgan fingerprint density at radius 3 is 2.79 bits per heavy atom. The van der Waals surface area contributed by atoms with Crippen LogP contribution in [0.3, 0.4) is 0 Å². The van der Waals surface area contributed by atoms with E-state index in [1.807, 2.05) is 0 Å². The second kappa shape index (κ2) is 5.80. The summed E-state index contributed by atoms with van der Waals surface area (Å²) in [5, 5.41) is 6.66. The van der Waals surface area contributed by atoms with Gasteiger partial charge in [0.15, 0.2) is 0 Å². The highest BCUT2D eigenvalue weighted by atomic mass is 16.2. The SMILES string of the molecule is CC1CC(NC(=O)C2NCCCC2(C)C)CCN1C. The topological polar surface area (TPSA) is 44.4 Å². The lowest BCUT2D eigenvalue weighted by Gasteiger charge is -2.40. The maximum atomic E-state index is 12.5. The van der Waals surface area contributed by atoms with E-state index in [2.05, 4.69) is 43.4 Å². The lowest BCUT2D eigenvalue weighted by atomic mass is 9.77. The van der Waals surface area contributed by atoms with Crippen LogP contribution in [0.4, 0.5) is 0 Å². The molecule has 0 aromatic carbocycles. The van der Waals surface area contributed by atoms with Crippen LogP contribution in [-0.4, -0.2) is 49.1 Å². The molecule has 1 amide bonds. The van der Waals surface area contributed by atoms with Crippen LogP contribution in [0.5, 0.6) is 0 Å². The standard InChI is InChI=1S/C15H29N3O/c1-11-10-12(6-9-18(11)4)17-14(19)13-15(2,3)7-5-8-16-13/h11-13,16H,5-10H2,1-4H3,(H,17,19). The zero-order valence-electron chi connectivity index (χ0n) is 12.8. The maximum absolute atomic E-state index is 12.5. The van der Waals surface area contributed by atoms with Gasteiger partial charge in [-0.2, -0.15) is 0 Å². The number of hydrogen-bond donors (Lipinski definition) is 2. The van der Waals surface area contributed by atoms with Crippen LogP contribution in [0.2, 0.25) is 0 Å². The van der Waals surface area contributed by atoms with Crippen molar-refractivity contribution in [3.63, 3.8) is 0 Å². The summed E-state index contributed by atoms with van der Waals surface area (Å²) in [5.74, 6) is 0.200. The van der Waals surface area contributed by atoms with E-state index in [4.69, 9.17) is 0 Å². The molecule has 2 aliphatic heterocycles. The predicted octanol–water partition coefficient (Wildman–Crippen LogP) is 1.36. The van der Waals surface area contributed by atoms with Gasteiger partial charge in [0, 0.05) is 18.6 Å². The molecule has 3 atom stereocenters. The summed E-state index contributed by atoms with van der Waals surface area (Å²) in [5.41, 5.74) is 0.0689. The zero-order valence-corrected chi connectivity index (χ0v) is 12.8. The molecule has 2 fully saturated rings. The first-order valence-electron chi connectivity index (χ1n) is 7.64. The Morgan fingerprint density at radius 1 is 1.42 bits per heavy atom. The van der Waals surface area contributed by atoms with Crippen LogP contribution in [0.15, 0.2) is 0 Å². The van der Waals surface area contributed by atoms with E-state index in [1.165, 1.54) is 6.42 Å². The molecule has 2 aliphatic rings. The van der Waals surface area contributed by atoms with Crippen LogP contribution in [0.1, 0.15) is 46.5 Å². The highest BCUT2D eigenvalue weighted by molar-refractivity contribution is 5.83. The summed E-state index contributed by atoms with van der Waals surface area (Å²) in [6.07, 6.45) is 4.43. The molecule has 4 heteroatoms. The van der Waals surface area contributed by atoms with E-state index >= 15 is 0 Å². The van der Waals surface area contributed by atoms with Crippen LogP contribution < -0.4 is 10.6 Å². The Labute approximate surface area is 117 Å². The summed E-state index contributed by atoms with van der Waals surface area (Å²) < 4.78 is 0. The van der Waals surface area contributed by atoms with Crippen molar-refractivity contribution in [2.24, 2.45) is 5.41 Å². The fraction of sp³-hybridized carbons (Fsp3) is 0.933. The second-order valence-corrected chi connectivity index (χ2v) is 7.04. The molecule has 110 valence electrons. The number of piperidine rings is 2. The highest BCUT2D eigenvalue weighted by Crippen LogP contribution is 2.30. The van der Waals surface area contributed by atoms with Gasteiger partial charge < -0.3 is 15.5 Å². The van der Waals surface area contributed by atoms with Crippen molar-refractivity contribution in [1.29, 1.82) is 0 Å². The van der Waals surface area contributed by atoms with Gasteiger partial charge in [-0.05, 0) is 51.6 Å². The molecule has 2 heterocycles. The van der Waals surface area contributed by atoms with Crippen molar-refractivity contribution >= 4 is 5.91 Å². The van der Waals surface area contributed by atoms with E-state index in [9.17, 15) is 4.79 Å². The first kappa shape index (κ1) is 14.8. The van der Waals surface area contributed by atoms with Crippen molar-refractivity contribution < 1.29 is 4.79 Å². The Kier molecular flexibility index (Phi) is 4.51. The van der Waals surface area contributed by atoms with Gasteiger partial charge in [-0.1, -0.05) is 13.8 Å². The quantitative estimate of drug-likeness (QED) is 0.794. The smallest absolute Gasteiger partial charge is 0.237 e. The minimum Gasteiger partial charge on any atom is -0.352 e. The van der Waals surface area contributed by atoms with Crippen LogP contribution in [0.25, 0.3) is 0 Å². The van der Waals surface area contributed by atoms with Crippen molar-refractivity contribution in [2.75, 3.05) is 20.1 Å². The third kappa shape index (κ3) is 3.48. The van der Waals surface area contributed by atoms with Gasteiger partial charge in [-0.15, -0.1) is 0 Å². The number of likely N-dealkylation sites (tertiary alicyclic amines) is 1. The number of hydrogen-bond acceptors (Lipinski definition) is 3. The molecule has 19 heavy (non-hydrogen) atoms. The van der Waals surface area contributed by atoms with Gasteiger partial charge in [0.2, 0.25) is 5.91 Å². The van der Waals surface area contributed by atoms with E-state index in [0.717, 1.165) is 32.4 Å². The third-order valence-corrected chi connectivity index (χ3v) is 4.94. The van der Waals surface area contributed by atoms with E-state index in [-0.39, 0.29) is 17.4 Å². The number of amides is 1. The third-order valence-electron chi connectivity index (χ3n) is 4.94. The Balaban J connectivity index is 1.90. The number of nitrogens with one attached hydrogen (secondary N) is 2. The summed E-state index contributed by atoms with van der Waals surface area (Å²) in [4.78, 5) is 14.8. The number of rotatable bonds is 2. The first-order chi connectivity index (χ1) is 8.90. The van der Waals surface area contributed by atoms with E-state index in [0.29, 0.717) is 12.1 Å². The summed E-state index contributed by atoms with van der Waals surface area (Å²) >= 11 is 0. The monoisotopic (exact) mass is 267 g/mol. The fourth-order valence-electron chi connectivity index (χ4n) is 3.36. The van der Waals surface area contributed by atoms with Crippen LogP contribution in [0, 0.1) is 5.41 Å². The molecule has 0 aromatic rings. The van der Waals surface area contributed by atoms with Crippen molar-refractivity contribution in [1.82, 2.24) is 15.5 Å². The number of nitrogens with zero attached hydrogens (tertiary/aromatic N) is 1. The van der Waals surface area contributed by atoms with Gasteiger partial charge >= 0.3 is 0 Å². The predicted molar refractivity (Wildman–Crippen MR) is 78.1 cm³/mol. The number of carbonyl (C=O) groups excluding carboxylic acids is 1. The van der Waals surface area contributed by atoms with E-state index < -0.39 is 0 Å². The summed E-state index contributed by atoms with van der Waals surface area (Å²) in [6, 6.07) is 0.876. The molecule has 0 spiro atoms. The van der Waals surface area contributed by atoms with Gasteiger partial charge in [0.1, 0.15) is 0 Å². The Morgan fingerprint density at radius 2 is 2.16 bits per heavy atom. The molecule has 0 saturated carbocycles. The van der Waals surface area contributed by atoms with Crippen molar-refractivity contribution in [2.45, 2.75) is 64.6 Å². The van der Waals surface area contributed by atoms with Crippen molar-refractivity contribution in [3.8, 4) is 0 Å². The molecular weight excluding hydrogens is 238 g/mol. The average Bonchev–Trinajstić information content (AvgIpc) is 2.33. The summed E-state index contributed by atoms with van der Waals surface area (Å²) in [7, 11) is 2.16. The minimum absolute atomic E-state index is 0.0313. The lowest BCUT2D eigenvalue weighted by molar-refractivity contribution is -0.127. The highest BCUT2D eigenvalue weighted by Gasteiger charge is 2.38. The molecule has 0 aromatic heterocycles. The molecule has 4 nitrogen and oxygen atoms in total. The van der Waals surface area contributed by atoms with Crippen molar-refractivity contribution in [3.05, 3.63) is 0 Å². The van der Waals surface area contributed by atoms with Crippen LogP contribution in [-0.2, 0) is 4.79 Å². The molecule has 0 aliphatic carbocycles. The molecule has 2 N–H and O–H groups in total. The van der Waals surface area contributed by atoms with E-state index in [1.54, 1.807) is 0 Å². The minimum atomic E-state index is -0.0313.